The molecule has 1 heterocycles. The van der Waals surface area contributed by atoms with Gasteiger partial charge in [0.15, 0.2) is 0 Å². The predicted molar refractivity (Wildman–Crippen MR) is 116 cm³/mol. The van der Waals surface area contributed by atoms with Crippen molar-refractivity contribution in [3.63, 3.8) is 0 Å². The van der Waals surface area contributed by atoms with Gasteiger partial charge in [-0.3, -0.25) is 4.79 Å². The second-order valence-corrected chi connectivity index (χ2v) is 9.17. The van der Waals surface area contributed by atoms with Crippen LogP contribution in [0.15, 0.2) is 47.4 Å². The van der Waals surface area contributed by atoms with Gasteiger partial charge < -0.3 is 19.1 Å². The maximum absolute atomic E-state index is 12.9. The number of carbonyl (C=O) groups excluding carboxylic acids is 1. The second kappa shape index (κ2) is 10.1. The SMILES string of the molecule is COc1ccc(S(=O)(=O)NCc2ccc(OC(C)C)cc2)cc1C(=O)N1CCOCC1. The monoisotopic (exact) mass is 448 g/mol. The quantitative estimate of drug-likeness (QED) is 0.667. The van der Waals surface area contributed by atoms with Gasteiger partial charge in [-0.2, -0.15) is 0 Å². The summed E-state index contributed by atoms with van der Waals surface area (Å²) < 4.78 is 44.4. The number of benzene rings is 2. The fourth-order valence-electron chi connectivity index (χ4n) is 3.18. The summed E-state index contributed by atoms with van der Waals surface area (Å²) in [6, 6.07) is 11.5. The van der Waals surface area contributed by atoms with E-state index < -0.39 is 10.0 Å². The lowest BCUT2D eigenvalue weighted by Gasteiger charge is -2.27. The highest BCUT2D eigenvalue weighted by atomic mass is 32.2. The van der Waals surface area contributed by atoms with Crippen molar-refractivity contribution in [2.45, 2.75) is 31.4 Å². The molecule has 0 aromatic heterocycles. The molecule has 9 heteroatoms. The standard InChI is InChI=1S/C22H28N2O6S/c1-16(2)30-18-6-4-17(5-7-18)15-23-31(26,27)19-8-9-21(28-3)20(14-19)22(25)24-10-12-29-13-11-24/h4-9,14,16,23H,10-13,15H2,1-3H3. The van der Waals surface area contributed by atoms with Crippen LogP contribution in [0.3, 0.4) is 0 Å². The highest BCUT2D eigenvalue weighted by Crippen LogP contribution is 2.25. The minimum atomic E-state index is -3.83. The first kappa shape index (κ1) is 23.1. The molecule has 1 fully saturated rings. The summed E-state index contributed by atoms with van der Waals surface area (Å²) in [6.45, 7) is 5.80. The zero-order valence-electron chi connectivity index (χ0n) is 18.0. The van der Waals surface area contributed by atoms with E-state index in [0.29, 0.717) is 32.1 Å². The zero-order chi connectivity index (χ0) is 22.4. The van der Waals surface area contributed by atoms with Crippen LogP contribution in [0.25, 0.3) is 0 Å². The first-order valence-electron chi connectivity index (χ1n) is 10.1. The van der Waals surface area contributed by atoms with Gasteiger partial charge >= 0.3 is 0 Å². The molecule has 1 saturated heterocycles. The van der Waals surface area contributed by atoms with Gasteiger partial charge in [0.1, 0.15) is 11.5 Å². The normalized spacial score (nSPS) is 14.5. The summed E-state index contributed by atoms with van der Waals surface area (Å²) in [5.74, 6) is 0.775. The topological polar surface area (TPSA) is 94.2 Å². The summed E-state index contributed by atoms with van der Waals surface area (Å²) in [5, 5.41) is 0. The number of methoxy groups -OCH3 is 1. The Balaban J connectivity index is 1.75. The number of morpholine rings is 1. The average molecular weight is 449 g/mol. The van der Waals surface area contributed by atoms with Crippen molar-refractivity contribution in [1.29, 1.82) is 0 Å². The molecule has 0 saturated carbocycles. The first-order valence-corrected chi connectivity index (χ1v) is 11.6. The summed E-state index contributed by atoms with van der Waals surface area (Å²) in [5.41, 5.74) is 1.00. The van der Waals surface area contributed by atoms with E-state index in [1.165, 1.54) is 25.3 Å². The van der Waals surface area contributed by atoms with Gasteiger partial charge in [-0.25, -0.2) is 13.1 Å². The van der Waals surface area contributed by atoms with Gasteiger partial charge in [-0.1, -0.05) is 12.1 Å². The van der Waals surface area contributed by atoms with Crippen LogP contribution in [0.2, 0.25) is 0 Å². The van der Waals surface area contributed by atoms with Gasteiger partial charge in [-0.05, 0) is 49.7 Å². The molecule has 168 valence electrons. The fourth-order valence-corrected chi connectivity index (χ4v) is 4.22. The van der Waals surface area contributed by atoms with Gasteiger partial charge in [0.25, 0.3) is 5.91 Å². The first-order chi connectivity index (χ1) is 14.8. The van der Waals surface area contributed by atoms with E-state index in [4.69, 9.17) is 14.2 Å². The summed E-state index contributed by atoms with van der Waals surface area (Å²) in [4.78, 5) is 14.5. The number of carbonyl (C=O) groups is 1. The van der Waals surface area contributed by atoms with Gasteiger partial charge in [0.05, 0.1) is 36.9 Å². The van der Waals surface area contributed by atoms with E-state index in [1.807, 2.05) is 26.0 Å². The third-order valence-electron chi connectivity index (χ3n) is 4.77. The lowest BCUT2D eigenvalue weighted by atomic mass is 10.1. The Hall–Kier alpha value is -2.62. The molecular formula is C22H28N2O6S. The molecule has 0 bridgehead atoms. The molecule has 1 N–H and O–H groups in total. The maximum Gasteiger partial charge on any atom is 0.257 e. The highest BCUT2D eigenvalue weighted by molar-refractivity contribution is 7.89. The molecule has 1 aliphatic heterocycles. The molecule has 8 nitrogen and oxygen atoms in total. The van der Waals surface area contributed by atoms with Crippen molar-refractivity contribution in [3.05, 3.63) is 53.6 Å². The molecule has 0 unspecified atom stereocenters. The minimum absolute atomic E-state index is 0.00432. The van der Waals surface area contributed by atoms with E-state index in [-0.39, 0.29) is 29.0 Å². The molecule has 2 aromatic rings. The summed E-state index contributed by atoms with van der Waals surface area (Å²) in [6.07, 6.45) is 0.0637. The number of hydrogen-bond acceptors (Lipinski definition) is 6. The number of nitrogens with one attached hydrogen (secondary N) is 1. The van der Waals surface area contributed by atoms with Crippen LogP contribution in [0.5, 0.6) is 11.5 Å². The Morgan fingerprint density at radius 1 is 1.13 bits per heavy atom. The third-order valence-corrected chi connectivity index (χ3v) is 6.17. The Labute approximate surface area is 183 Å². The molecule has 31 heavy (non-hydrogen) atoms. The largest absolute Gasteiger partial charge is 0.496 e. The number of hydrogen-bond donors (Lipinski definition) is 1. The predicted octanol–water partition coefficient (Wildman–Crippen LogP) is 2.43. The van der Waals surface area contributed by atoms with E-state index in [2.05, 4.69) is 4.72 Å². The van der Waals surface area contributed by atoms with E-state index in [0.717, 1.165) is 11.3 Å². The molecule has 1 aliphatic rings. The van der Waals surface area contributed by atoms with Crippen LogP contribution in [0, 0.1) is 0 Å². The van der Waals surface area contributed by atoms with Crippen molar-refractivity contribution in [1.82, 2.24) is 9.62 Å². The Morgan fingerprint density at radius 3 is 2.42 bits per heavy atom. The fraction of sp³-hybridized carbons (Fsp3) is 0.409. The number of ether oxygens (including phenoxy) is 3. The number of amides is 1. The Bertz CT molecular complexity index is 999. The Kier molecular flexibility index (Phi) is 7.53. The number of sulfonamides is 1. The lowest BCUT2D eigenvalue weighted by molar-refractivity contribution is 0.0300. The van der Waals surface area contributed by atoms with Crippen LogP contribution >= 0.6 is 0 Å². The van der Waals surface area contributed by atoms with Crippen LogP contribution in [0.1, 0.15) is 29.8 Å². The summed E-state index contributed by atoms with van der Waals surface area (Å²) >= 11 is 0. The van der Waals surface area contributed by atoms with Crippen LogP contribution in [-0.2, 0) is 21.3 Å². The van der Waals surface area contributed by atoms with Crippen LogP contribution in [0.4, 0.5) is 0 Å². The van der Waals surface area contributed by atoms with Gasteiger partial charge in [-0.15, -0.1) is 0 Å². The molecule has 1 amide bonds. The van der Waals surface area contributed by atoms with Crippen LogP contribution in [-0.4, -0.2) is 58.7 Å². The summed E-state index contributed by atoms with van der Waals surface area (Å²) in [7, 11) is -2.38. The van der Waals surface area contributed by atoms with E-state index in [1.54, 1.807) is 17.0 Å². The van der Waals surface area contributed by atoms with Crippen molar-refractivity contribution in [2.75, 3.05) is 33.4 Å². The number of rotatable bonds is 8. The molecule has 2 aromatic carbocycles. The van der Waals surface area contributed by atoms with E-state index in [9.17, 15) is 13.2 Å². The van der Waals surface area contributed by atoms with Crippen molar-refractivity contribution in [2.24, 2.45) is 0 Å². The molecule has 0 aliphatic carbocycles. The third kappa shape index (κ3) is 5.96. The zero-order valence-corrected chi connectivity index (χ0v) is 18.8. The van der Waals surface area contributed by atoms with E-state index >= 15 is 0 Å². The molecular weight excluding hydrogens is 420 g/mol. The lowest BCUT2D eigenvalue weighted by Crippen LogP contribution is -2.40. The van der Waals surface area contributed by atoms with Crippen molar-refractivity contribution in [3.8, 4) is 11.5 Å². The molecule has 0 atom stereocenters. The second-order valence-electron chi connectivity index (χ2n) is 7.40. The smallest absolute Gasteiger partial charge is 0.257 e. The van der Waals surface area contributed by atoms with Gasteiger partial charge in [0.2, 0.25) is 10.0 Å². The van der Waals surface area contributed by atoms with Gasteiger partial charge in [0, 0.05) is 19.6 Å². The maximum atomic E-state index is 12.9. The van der Waals surface area contributed by atoms with Crippen molar-refractivity contribution >= 4 is 15.9 Å². The van der Waals surface area contributed by atoms with Crippen LogP contribution < -0.4 is 14.2 Å². The van der Waals surface area contributed by atoms with Crippen molar-refractivity contribution < 1.29 is 27.4 Å². The Morgan fingerprint density at radius 2 is 1.81 bits per heavy atom. The average Bonchev–Trinajstić information content (AvgIpc) is 2.78. The number of nitrogens with zero attached hydrogens (tertiary/aromatic N) is 1. The highest BCUT2D eigenvalue weighted by Gasteiger charge is 2.24. The molecule has 0 spiro atoms. The molecule has 0 radical (unpaired) electrons. The minimum Gasteiger partial charge on any atom is -0.496 e. The molecule has 3 rings (SSSR count).